The Morgan fingerprint density at radius 2 is 1.97 bits per heavy atom. The average Bonchev–Trinajstić information content (AvgIpc) is 3.25. The van der Waals surface area contributed by atoms with Gasteiger partial charge in [-0.05, 0) is 32.0 Å². The number of hydrogen-bond donors (Lipinski definition) is 1. The second-order valence-corrected chi connectivity index (χ2v) is 8.12. The largest absolute Gasteiger partial charge is 0.479 e. The zero-order chi connectivity index (χ0) is 20.5. The minimum atomic E-state index is -0.799. The van der Waals surface area contributed by atoms with Crippen molar-refractivity contribution in [3.05, 3.63) is 63.5 Å². The number of fused-ring (bicyclic) bond motifs is 1. The van der Waals surface area contributed by atoms with Crippen molar-refractivity contribution in [3.63, 3.8) is 0 Å². The summed E-state index contributed by atoms with van der Waals surface area (Å²) in [5.74, 6) is 0.207. The van der Waals surface area contributed by atoms with Crippen LogP contribution in [0.5, 0.6) is 5.75 Å². The summed E-state index contributed by atoms with van der Waals surface area (Å²) in [7, 11) is 0. The number of rotatable bonds is 5. The zero-order valence-electron chi connectivity index (χ0n) is 15.5. The second kappa shape index (κ2) is 8.02. The van der Waals surface area contributed by atoms with Gasteiger partial charge in [-0.3, -0.25) is 10.1 Å². The Labute approximate surface area is 181 Å². The molecule has 4 rings (SSSR count). The van der Waals surface area contributed by atoms with Crippen LogP contribution < -0.4 is 10.1 Å². The summed E-state index contributed by atoms with van der Waals surface area (Å²) in [6.45, 7) is 3.66. The van der Waals surface area contributed by atoms with Gasteiger partial charge in [0.2, 0.25) is 4.96 Å². The van der Waals surface area contributed by atoms with E-state index in [-0.39, 0.29) is 11.9 Å². The zero-order valence-corrected chi connectivity index (χ0v) is 17.8. The number of halogens is 2. The molecule has 0 aliphatic carbocycles. The van der Waals surface area contributed by atoms with E-state index in [4.69, 9.17) is 27.9 Å². The maximum absolute atomic E-state index is 12.5. The van der Waals surface area contributed by atoms with Crippen molar-refractivity contribution >= 4 is 51.4 Å². The van der Waals surface area contributed by atoms with Gasteiger partial charge in [-0.25, -0.2) is 4.52 Å². The number of aryl methyl sites for hydroxylation is 1. The van der Waals surface area contributed by atoms with Gasteiger partial charge in [0.05, 0.1) is 10.7 Å². The third-order valence-corrected chi connectivity index (χ3v) is 5.58. The Morgan fingerprint density at radius 1 is 1.21 bits per heavy atom. The third-order valence-electron chi connectivity index (χ3n) is 4.23. The molecule has 1 atom stereocenters. The number of ether oxygens (including phenoxy) is 1. The molecular weight excluding hydrogens is 431 g/mol. The van der Waals surface area contributed by atoms with Crippen LogP contribution in [-0.2, 0) is 4.79 Å². The molecule has 6 nitrogen and oxygen atoms in total. The fourth-order valence-electron chi connectivity index (χ4n) is 2.68. The van der Waals surface area contributed by atoms with Crippen molar-refractivity contribution in [2.45, 2.75) is 20.0 Å². The molecule has 0 aliphatic heterocycles. The first-order valence-corrected chi connectivity index (χ1v) is 10.4. The van der Waals surface area contributed by atoms with Gasteiger partial charge in [-0.2, -0.15) is 4.98 Å². The quantitative estimate of drug-likeness (QED) is 0.440. The van der Waals surface area contributed by atoms with Crippen LogP contribution in [0.15, 0.2) is 47.8 Å². The predicted octanol–water partition coefficient (Wildman–Crippen LogP) is 5.48. The van der Waals surface area contributed by atoms with Crippen LogP contribution in [0.1, 0.15) is 12.5 Å². The van der Waals surface area contributed by atoms with Gasteiger partial charge >= 0.3 is 0 Å². The fraction of sp³-hybridized carbons (Fsp3) is 0.150. The third kappa shape index (κ3) is 4.22. The summed E-state index contributed by atoms with van der Waals surface area (Å²) in [5, 5.41) is 9.91. The molecule has 1 unspecified atom stereocenters. The summed E-state index contributed by atoms with van der Waals surface area (Å²) in [6, 6.07) is 13.0. The molecular formula is C20H16Cl2N4O2S. The average molecular weight is 447 g/mol. The maximum Gasteiger partial charge on any atom is 0.267 e. The molecule has 2 heterocycles. The van der Waals surface area contributed by atoms with E-state index in [1.165, 1.54) is 16.9 Å². The second-order valence-electron chi connectivity index (χ2n) is 6.44. The van der Waals surface area contributed by atoms with Crippen molar-refractivity contribution in [1.29, 1.82) is 0 Å². The molecule has 0 spiro atoms. The van der Waals surface area contributed by atoms with Crippen LogP contribution in [-0.4, -0.2) is 26.6 Å². The molecule has 0 aliphatic rings. The highest BCUT2D eigenvalue weighted by Gasteiger charge is 2.19. The topological polar surface area (TPSA) is 68.5 Å². The normalized spacial score (nSPS) is 12.1. The minimum absolute atomic E-state index is 0.216. The van der Waals surface area contributed by atoms with E-state index in [1.54, 1.807) is 29.6 Å². The lowest BCUT2D eigenvalue weighted by molar-refractivity contribution is -0.122. The van der Waals surface area contributed by atoms with E-state index in [0.717, 1.165) is 11.3 Å². The van der Waals surface area contributed by atoms with E-state index in [2.05, 4.69) is 15.4 Å². The molecule has 0 bridgehead atoms. The Hall–Kier alpha value is -2.61. The molecule has 2 aromatic heterocycles. The first kappa shape index (κ1) is 19.7. The van der Waals surface area contributed by atoms with E-state index in [0.29, 0.717) is 20.8 Å². The first-order valence-electron chi connectivity index (χ1n) is 8.74. The number of nitrogens with one attached hydrogen (secondary N) is 1. The van der Waals surface area contributed by atoms with Gasteiger partial charge in [0.15, 0.2) is 6.10 Å². The van der Waals surface area contributed by atoms with Gasteiger partial charge < -0.3 is 4.74 Å². The number of nitrogens with zero attached hydrogens (tertiary/aromatic N) is 3. The number of anilines is 1. The van der Waals surface area contributed by atoms with Gasteiger partial charge in [0.25, 0.3) is 11.9 Å². The molecule has 0 saturated carbocycles. The van der Waals surface area contributed by atoms with E-state index in [1.807, 2.05) is 36.6 Å². The summed E-state index contributed by atoms with van der Waals surface area (Å²) in [6.07, 6.45) is -0.799. The maximum atomic E-state index is 12.5. The summed E-state index contributed by atoms with van der Waals surface area (Å²) >= 11 is 13.4. The van der Waals surface area contributed by atoms with Crippen LogP contribution in [0.4, 0.5) is 5.95 Å². The van der Waals surface area contributed by atoms with Crippen molar-refractivity contribution in [3.8, 4) is 17.0 Å². The lowest BCUT2D eigenvalue weighted by atomic mass is 10.1. The van der Waals surface area contributed by atoms with E-state index in [9.17, 15) is 4.79 Å². The van der Waals surface area contributed by atoms with Crippen molar-refractivity contribution in [1.82, 2.24) is 14.6 Å². The van der Waals surface area contributed by atoms with Crippen molar-refractivity contribution < 1.29 is 9.53 Å². The molecule has 4 aromatic rings. The van der Waals surface area contributed by atoms with E-state index < -0.39 is 6.10 Å². The monoisotopic (exact) mass is 446 g/mol. The smallest absolute Gasteiger partial charge is 0.267 e. The molecule has 148 valence electrons. The number of carbonyl (C=O) groups is 1. The lowest BCUT2D eigenvalue weighted by Crippen LogP contribution is -2.30. The number of amides is 1. The Kier molecular flexibility index (Phi) is 5.45. The number of carbonyl (C=O) groups excluding carboxylic acids is 1. The predicted molar refractivity (Wildman–Crippen MR) is 116 cm³/mol. The Bertz CT molecular complexity index is 1190. The summed E-state index contributed by atoms with van der Waals surface area (Å²) < 4.78 is 7.35. The van der Waals surface area contributed by atoms with Crippen LogP contribution in [0.25, 0.3) is 16.2 Å². The number of hydrogen-bond acceptors (Lipinski definition) is 5. The Balaban J connectivity index is 1.50. The molecule has 0 saturated heterocycles. The molecule has 1 N–H and O–H groups in total. The standard InChI is InChI=1S/C20H16Cl2N4O2S/c1-11-3-5-13(6-4-11)16-10-29-20-24-19(25-26(16)20)23-18(27)12(2)28-17-8-7-14(21)9-15(17)22/h3-10,12H,1-2H3,(H,23,25,27). The highest BCUT2D eigenvalue weighted by Crippen LogP contribution is 2.29. The van der Waals surface area contributed by atoms with Crippen LogP contribution in [0.2, 0.25) is 10.0 Å². The van der Waals surface area contributed by atoms with E-state index >= 15 is 0 Å². The van der Waals surface area contributed by atoms with Gasteiger partial charge in [0.1, 0.15) is 5.75 Å². The summed E-state index contributed by atoms with van der Waals surface area (Å²) in [5.41, 5.74) is 3.12. The molecule has 29 heavy (non-hydrogen) atoms. The fourth-order valence-corrected chi connectivity index (χ4v) is 3.97. The highest BCUT2D eigenvalue weighted by molar-refractivity contribution is 7.15. The molecule has 9 heteroatoms. The first-order chi connectivity index (χ1) is 13.9. The molecule has 1 amide bonds. The van der Waals surface area contributed by atoms with Gasteiger partial charge in [0, 0.05) is 16.0 Å². The molecule has 0 fully saturated rings. The molecule has 2 aromatic carbocycles. The lowest BCUT2D eigenvalue weighted by Gasteiger charge is -2.14. The Morgan fingerprint density at radius 3 is 2.69 bits per heavy atom. The van der Waals surface area contributed by atoms with Crippen molar-refractivity contribution in [2.24, 2.45) is 0 Å². The number of benzene rings is 2. The van der Waals surface area contributed by atoms with Gasteiger partial charge in [-0.1, -0.05) is 53.0 Å². The summed E-state index contributed by atoms with van der Waals surface area (Å²) in [4.78, 5) is 17.6. The van der Waals surface area contributed by atoms with Gasteiger partial charge in [-0.15, -0.1) is 16.4 Å². The SMILES string of the molecule is Cc1ccc(-c2csc3nc(NC(=O)C(C)Oc4ccc(Cl)cc4Cl)nn23)cc1. The minimum Gasteiger partial charge on any atom is -0.479 e. The highest BCUT2D eigenvalue weighted by atomic mass is 35.5. The molecule has 0 radical (unpaired) electrons. The van der Waals surface area contributed by atoms with Crippen LogP contribution in [0.3, 0.4) is 0 Å². The van der Waals surface area contributed by atoms with Crippen LogP contribution >= 0.6 is 34.5 Å². The van der Waals surface area contributed by atoms with Crippen molar-refractivity contribution in [2.75, 3.05) is 5.32 Å². The number of aromatic nitrogens is 3. The van der Waals surface area contributed by atoms with Crippen LogP contribution in [0, 0.1) is 6.92 Å². The number of thiazole rings is 1.